The van der Waals surface area contributed by atoms with Gasteiger partial charge in [0, 0.05) is 33.6 Å². The molecule has 0 spiro atoms. The van der Waals surface area contributed by atoms with Gasteiger partial charge in [-0.3, -0.25) is 14.6 Å². The number of nitrogens with one attached hydrogen (secondary N) is 2. The lowest BCUT2D eigenvalue weighted by atomic mass is 10.0. The summed E-state index contributed by atoms with van der Waals surface area (Å²) in [5, 5.41) is 6.05. The van der Waals surface area contributed by atoms with E-state index in [0.29, 0.717) is 31.9 Å². The molecule has 0 bridgehead atoms. The molecule has 0 aliphatic carbocycles. The number of guanidine groups is 1. The third-order valence-corrected chi connectivity index (χ3v) is 9.30. The van der Waals surface area contributed by atoms with Gasteiger partial charge in [0.1, 0.15) is 6.04 Å². The molecular formula is C41H81N5O2. The quantitative estimate of drug-likeness (QED) is 0.0269. The van der Waals surface area contributed by atoms with Crippen LogP contribution in [0.3, 0.4) is 0 Å². The Morgan fingerprint density at radius 2 is 1.04 bits per heavy atom. The van der Waals surface area contributed by atoms with Crippen molar-refractivity contribution in [2.75, 3.05) is 27.2 Å². The van der Waals surface area contributed by atoms with Crippen molar-refractivity contribution in [1.29, 1.82) is 0 Å². The van der Waals surface area contributed by atoms with Crippen molar-refractivity contribution in [2.24, 2.45) is 10.7 Å². The Labute approximate surface area is 298 Å². The average molecular weight is 676 g/mol. The minimum Gasteiger partial charge on any atom is -0.370 e. The highest BCUT2D eigenvalue weighted by atomic mass is 16.2. The normalized spacial score (nSPS) is 12.5. The molecule has 0 rings (SSSR count). The number of nitrogens with two attached hydrogens (primary N) is 1. The fraction of sp³-hybridized carbons (Fsp3) is 0.878. The van der Waals surface area contributed by atoms with Crippen LogP contribution in [0.1, 0.15) is 200 Å². The molecule has 0 saturated heterocycles. The zero-order valence-electron chi connectivity index (χ0n) is 32.4. The van der Waals surface area contributed by atoms with Crippen molar-refractivity contribution < 1.29 is 9.59 Å². The highest BCUT2D eigenvalue weighted by Crippen LogP contribution is 2.13. The Hall–Kier alpha value is -2.05. The van der Waals surface area contributed by atoms with Crippen LogP contribution in [0.25, 0.3) is 0 Å². The molecule has 0 radical (unpaired) electrons. The second-order valence-electron chi connectivity index (χ2n) is 14.3. The number of amides is 2. The number of carbonyl (C=O) groups is 2. The van der Waals surface area contributed by atoms with E-state index in [-0.39, 0.29) is 11.8 Å². The van der Waals surface area contributed by atoms with E-state index < -0.39 is 6.04 Å². The van der Waals surface area contributed by atoms with Crippen molar-refractivity contribution in [3.63, 3.8) is 0 Å². The third-order valence-electron chi connectivity index (χ3n) is 9.30. The maximum atomic E-state index is 13.0. The van der Waals surface area contributed by atoms with Crippen LogP contribution in [-0.2, 0) is 9.59 Å². The van der Waals surface area contributed by atoms with Gasteiger partial charge in [-0.2, -0.15) is 0 Å². The molecular weight excluding hydrogens is 594 g/mol. The first-order chi connectivity index (χ1) is 23.4. The molecule has 0 aromatic carbocycles. The summed E-state index contributed by atoms with van der Waals surface area (Å²) in [5.74, 6) is 0.270. The molecule has 0 aromatic heterocycles. The summed E-state index contributed by atoms with van der Waals surface area (Å²) in [6, 6.07) is -0.578. The number of unbranched alkanes of at least 4 members (excludes halogenated alkanes) is 24. The van der Waals surface area contributed by atoms with Gasteiger partial charge in [-0.05, 0) is 44.9 Å². The van der Waals surface area contributed by atoms with E-state index >= 15 is 0 Å². The van der Waals surface area contributed by atoms with Gasteiger partial charge >= 0.3 is 0 Å². The first-order valence-electron chi connectivity index (χ1n) is 20.6. The standard InChI is InChI=1S/C41H81N5O2/c1-5-7-9-11-13-15-17-19-21-22-24-26-28-30-32-34-39(47)45-38(35-37-44-41(42)46(3)4)40(48)43-36-33-31-29-27-25-23-20-18-16-14-12-10-8-6-2/h19,21,38H,5-18,20,22-37H2,1-4H3,(H2,42,44)(H,43,48)(H,45,47). The Kier molecular flexibility index (Phi) is 34.7. The highest BCUT2D eigenvalue weighted by molar-refractivity contribution is 5.87. The molecule has 282 valence electrons. The predicted molar refractivity (Wildman–Crippen MR) is 209 cm³/mol. The molecule has 0 fully saturated rings. The van der Waals surface area contributed by atoms with Crippen LogP contribution < -0.4 is 16.4 Å². The second-order valence-corrected chi connectivity index (χ2v) is 14.3. The van der Waals surface area contributed by atoms with E-state index in [9.17, 15) is 9.59 Å². The van der Waals surface area contributed by atoms with E-state index in [0.717, 1.165) is 38.5 Å². The molecule has 0 aliphatic heterocycles. The molecule has 0 saturated carbocycles. The Balaban J connectivity index is 4.12. The smallest absolute Gasteiger partial charge is 0.242 e. The monoisotopic (exact) mass is 676 g/mol. The van der Waals surface area contributed by atoms with Crippen molar-refractivity contribution in [3.8, 4) is 0 Å². The summed E-state index contributed by atoms with van der Waals surface area (Å²) in [6.07, 6.45) is 40.0. The van der Waals surface area contributed by atoms with Gasteiger partial charge in [0.15, 0.2) is 5.96 Å². The lowest BCUT2D eigenvalue weighted by molar-refractivity contribution is -0.129. The average Bonchev–Trinajstić information content (AvgIpc) is 3.07. The fourth-order valence-corrected chi connectivity index (χ4v) is 6.00. The van der Waals surface area contributed by atoms with Crippen LogP contribution >= 0.6 is 0 Å². The molecule has 2 amide bonds. The number of allylic oxidation sites excluding steroid dienone is 2. The van der Waals surface area contributed by atoms with Crippen molar-refractivity contribution >= 4 is 17.8 Å². The first-order valence-corrected chi connectivity index (χ1v) is 20.6. The van der Waals surface area contributed by atoms with Gasteiger partial charge in [-0.1, -0.05) is 161 Å². The molecule has 0 aliphatic rings. The number of aliphatic imine (C=N–C) groups is 1. The van der Waals surface area contributed by atoms with Gasteiger partial charge in [0.2, 0.25) is 11.8 Å². The van der Waals surface area contributed by atoms with Gasteiger partial charge in [0.05, 0.1) is 0 Å². The van der Waals surface area contributed by atoms with Gasteiger partial charge in [-0.25, -0.2) is 0 Å². The number of rotatable bonds is 35. The number of nitrogens with zero attached hydrogens (tertiary/aromatic N) is 2. The van der Waals surface area contributed by atoms with E-state index in [1.807, 2.05) is 14.1 Å². The number of carbonyl (C=O) groups excluding carboxylic acids is 2. The van der Waals surface area contributed by atoms with Crippen LogP contribution in [0.4, 0.5) is 0 Å². The Morgan fingerprint density at radius 3 is 1.50 bits per heavy atom. The fourth-order valence-electron chi connectivity index (χ4n) is 6.00. The van der Waals surface area contributed by atoms with Gasteiger partial charge in [-0.15, -0.1) is 0 Å². The molecule has 7 nitrogen and oxygen atoms in total. The zero-order valence-corrected chi connectivity index (χ0v) is 32.4. The summed E-state index contributed by atoms with van der Waals surface area (Å²) in [7, 11) is 3.69. The zero-order chi connectivity index (χ0) is 35.3. The van der Waals surface area contributed by atoms with Crippen LogP contribution in [0, 0.1) is 0 Å². The van der Waals surface area contributed by atoms with E-state index in [4.69, 9.17) is 5.73 Å². The molecule has 48 heavy (non-hydrogen) atoms. The molecule has 1 atom stereocenters. The lowest BCUT2D eigenvalue weighted by Gasteiger charge is -2.18. The molecule has 1 unspecified atom stereocenters. The second kappa shape index (κ2) is 36.2. The number of hydrogen-bond donors (Lipinski definition) is 3. The van der Waals surface area contributed by atoms with Crippen LogP contribution in [-0.4, -0.2) is 55.9 Å². The Morgan fingerprint density at radius 1 is 0.625 bits per heavy atom. The molecule has 0 aromatic rings. The van der Waals surface area contributed by atoms with Gasteiger partial charge < -0.3 is 21.3 Å². The van der Waals surface area contributed by atoms with Crippen molar-refractivity contribution in [1.82, 2.24) is 15.5 Å². The molecule has 4 N–H and O–H groups in total. The molecule has 0 heterocycles. The first kappa shape index (κ1) is 46.0. The third kappa shape index (κ3) is 32.5. The van der Waals surface area contributed by atoms with Gasteiger partial charge in [0.25, 0.3) is 0 Å². The van der Waals surface area contributed by atoms with E-state index in [1.165, 1.54) is 135 Å². The predicted octanol–water partition coefficient (Wildman–Crippen LogP) is 10.4. The largest absolute Gasteiger partial charge is 0.370 e. The summed E-state index contributed by atoms with van der Waals surface area (Å²) >= 11 is 0. The summed E-state index contributed by atoms with van der Waals surface area (Å²) in [5.41, 5.74) is 5.93. The number of hydrogen-bond acceptors (Lipinski definition) is 3. The topological polar surface area (TPSA) is 99.8 Å². The van der Waals surface area contributed by atoms with Crippen molar-refractivity contribution in [3.05, 3.63) is 12.2 Å². The summed E-state index contributed by atoms with van der Waals surface area (Å²) < 4.78 is 0. The maximum absolute atomic E-state index is 13.0. The van der Waals surface area contributed by atoms with Crippen LogP contribution in [0.2, 0.25) is 0 Å². The van der Waals surface area contributed by atoms with Crippen LogP contribution in [0.15, 0.2) is 17.1 Å². The minimum absolute atomic E-state index is 0.0474. The molecule has 7 heteroatoms. The van der Waals surface area contributed by atoms with E-state index in [1.54, 1.807) is 4.90 Å². The minimum atomic E-state index is -0.578. The van der Waals surface area contributed by atoms with Crippen LogP contribution in [0.5, 0.6) is 0 Å². The maximum Gasteiger partial charge on any atom is 0.242 e. The van der Waals surface area contributed by atoms with E-state index in [2.05, 4.69) is 41.6 Å². The summed E-state index contributed by atoms with van der Waals surface area (Å²) in [4.78, 5) is 31.9. The van der Waals surface area contributed by atoms with Crippen molar-refractivity contribution in [2.45, 2.75) is 206 Å². The summed E-state index contributed by atoms with van der Waals surface area (Å²) in [6.45, 7) is 5.59. The SMILES string of the molecule is CCCCCCCCC=CCCCCCCCC(=O)NC(CCN=C(N)N(C)C)C(=O)NCCCCCCCCCCCCCCCC. The highest BCUT2D eigenvalue weighted by Gasteiger charge is 2.20. The Bertz CT molecular complexity index is 783. The lowest BCUT2D eigenvalue weighted by Crippen LogP contribution is -2.47.